The monoisotopic (exact) mass is 846 g/mol. The van der Waals surface area contributed by atoms with E-state index >= 15 is 4.79 Å². The van der Waals surface area contributed by atoms with Crippen molar-refractivity contribution in [3.63, 3.8) is 0 Å². The third kappa shape index (κ3) is 6.34. The van der Waals surface area contributed by atoms with Gasteiger partial charge in [-0.2, -0.15) is 13.2 Å². The van der Waals surface area contributed by atoms with E-state index in [1.54, 1.807) is 4.90 Å². The number of hydrogen-bond acceptors (Lipinski definition) is 6. The molecule has 3 aromatic rings. The lowest BCUT2D eigenvalue weighted by Crippen LogP contribution is -2.67. The van der Waals surface area contributed by atoms with Crippen LogP contribution in [0.3, 0.4) is 0 Å². The van der Waals surface area contributed by atoms with Gasteiger partial charge in [0.2, 0.25) is 5.78 Å². The summed E-state index contributed by atoms with van der Waals surface area (Å²) in [4.78, 5) is 31.2. The van der Waals surface area contributed by atoms with E-state index in [4.69, 9.17) is 20.8 Å². The summed E-state index contributed by atoms with van der Waals surface area (Å²) in [5.74, 6) is -0.538. The number of urea groups is 1. The van der Waals surface area contributed by atoms with Gasteiger partial charge in [-0.25, -0.2) is 4.79 Å². The minimum Gasteiger partial charge on any atom is -0.453 e. The molecule has 10 rings (SSSR count). The van der Waals surface area contributed by atoms with Gasteiger partial charge in [-0.1, -0.05) is 74.0 Å². The number of Topliss-reactive ketones (excluding diaryl/α,β-unsaturated/α-hetero) is 1. The number of benzene rings is 2. The van der Waals surface area contributed by atoms with Gasteiger partial charge in [-0.3, -0.25) is 4.79 Å². The summed E-state index contributed by atoms with van der Waals surface area (Å²) >= 11 is 6.41. The highest BCUT2D eigenvalue weighted by Gasteiger charge is 2.74. The molecule has 6 aliphatic carbocycles. The second-order valence-corrected chi connectivity index (χ2v) is 19.5. The van der Waals surface area contributed by atoms with Crippen molar-refractivity contribution in [2.75, 3.05) is 19.7 Å². The molecular formula is C48H54ClF3N2O6. The second kappa shape index (κ2) is 14.6. The zero-order chi connectivity index (χ0) is 42.5. The van der Waals surface area contributed by atoms with Gasteiger partial charge in [-0.15, -0.1) is 0 Å². The van der Waals surface area contributed by atoms with Crippen LogP contribution >= 0.6 is 11.6 Å². The Bertz CT molecular complexity index is 2240. The highest BCUT2D eigenvalue weighted by atomic mass is 35.5. The lowest BCUT2D eigenvalue weighted by Gasteiger charge is -2.71. The van der Waals surface area contributed by atoms with Crippen molar-refractivity contribution in [3.8, 4) is 11.3 Å². The van der Waals surface area contributed by atoms with Crippen LogP contribution in [0.4, 0.5) is 18.0 Å². The number of alkyl halides is 3. The van der Waals surface area contributed by atoms with Gasteiger partial charge >= 0.3 is 12.2 Å². The number of amides is 2. The average molecular weight is 847 g/mol. The zero-order valence-corrected chi connectivity index (χ0v) is 35.1. The molecule has 4 fully saturated rings. The average Bonchev–Trinajstić information content (AvgIpc) is 3.98. The van der Waals surface area contributed by atoms with E-state index in [0.29, 0.717) is 57.2 Å². The van der Waals surface area contributed by atoms with Crippen LogP contribution in [0.2, 0.25) is 5.02 Å². The summed E-state index contributed by atoms with van der Waals surface area (Å²) in [6, 6.07) is 15.2. The van der Waals surface area contributed by atoms with Crippen LogP contribution < -0.4 is 5.32 Å². The number of aliphatic hydroxyl groups is 2. The van der Waals surface area contributed by atoms with Gasteiger partial charge in [0.15, 0.2) is 5.76 Å². The molecule has 3 saturated carbocycles. The van der Waals surface area contributed by atoms with Crippen molar-refractivity contribution in [1.29, 1.82) is 0 Å². The summed E-state index contributed by atoms with van der Waals surface area (Å²) in [5, 5.41) is 27.5. The first-order valence-electron chi connectivity index (χ1n) is 21.5. The lowest BCUT2D eigenvalue weighted by molar-refractivity contribution is -0.175. The van der Waals surface area contributed by atoms with Crippen molar-refractivity contribution in [2.24, 2.45) is 33.5 Å². The number of nitrogens with zero attached hydrogens (tertiary/aromatic N) is 1. The molecule has 10 atom stereocenters. The molecule has 1 aromatic heterocycles. The SMILES string of the molecule is C[C@@H](NC(=O)N(C[C@H]1CCCO1)C[C@]1(O)CC[C@H]2[C@]34C=C[C@@]5(C=C3C(=O)c3ccc(-c6cc(C(F)(F)F)ccc6Cl)o3)CC(O)CC[C@]5(C)[C@H]4CC[C@@]21C)c1ccccc1. The maximum Gasteiger partial charge on any atom is 0.416 e. The van der Waals surface area contributed by atoms with E-state index in [9.17, 15) is 28.2 Å². The Morgan fingerprint density at radius 2 is 1.70 bits per heavy atom. The molecule has 2 bridgehead atoms. The molecule has 1 unspecified atom stereocenters. The number of hydrogen-bond donors (Lipinski definition) is 3. The first-order chi connectivity index (χ1) is 28.4. The third-order valence-corrected chi connectivity index (χ3v) is 16.5. The van der Waals surface area contributed by atoms with E-state index in [-0.39, 0.29) is 69.9 Å². The quantitative estimate of drug-likeness (QED) is 0.146. The molecule has 3 N–H and O–H groups in total. The van der Waals surface area contributed by atoms with Gasteiger partial charge in [-0.05, 0) is 118 Å². The maximum absolute atomic E-state index is 15.2. The van der Waals surface area contributed by atoms with Crippen molar-refractivity contribution in [2.45, 2.75) is 109 Å². The van der Waals surface area contributed by atoms with Crippen molar-refractivity contribution < 1.29 is 42.1 Å². The zero-order valence-electron chi connectivity index (χ0n) is 34.4. The molecule has 7 aliphatic rings. The van der Waals surface area contributed by atoms with Gasteiger partial charge < -0.3 is 29.6 Å². The second-order valence-electron chi connectivity index (χ2n) is 19.1. The number of ketones is 1. The van der Waals surface area contributed by atoms with Gasteiger partial charge in [0.25, 0.3) is 0 Å². The third-order valence-electron chi connectivity index (χ3n) is 16.2. The number of nitrogens with one attached hydrogen (secondary N) is 1. The number of carbonyl (C=O) groups excluding carboxylic acids is 2. The Morgan fingerprint density at radius 3 is 2.43 bits per heavy atom. The normalized spacial score (nSPS) is 35.9. The summed E-state index contributed by atoms with van der Waals surface area (Å²) in [6.07, 6.45) is 7.22. The van der Waals surface area contributed by atoms with E-state index in [1.807, 2.05) is 37.3 Å². The van der Waals surface area contributed by atoms with Crippen LogP contribution in [0.5, 0.6) is 0 Å². The van der Waals surface area contributed by atoms with E-state index in [2.05, 4.69) is 37.4 Å². The van der Waals surface area contributed by atoms with Crippen molar-refractivity contribution in [3.05, 3.63) is 106 Å². The molecule has 12 heteroatoms. The number of rotatable bonds is 9. The number of fused-ring (bicyclic) bond motifs is 1. The lowest BCUT2D eigenvalue weighted by atomic mass is 9.32. The van der Waals surface area contributed by atoms with Crippen molar-refractivity contribution in [1.82, 2.24) is 10.2 Å². The van der Waals surface area contributed by atoms with Gasteiger partial charge in [0.05, 0.1) is 41.0 Å². The number of furan rings is 1. The molecule has 8 nitrogen and oxygen atoms in total. The van der Waals surface area contributed by atoms with Crippen LogP contribution in [0.1, 0.15) is 106 Å². The number of ether oxygens (including phenoxy) is 1. The number of allylic oxidation sites excluding steroid dienone is 4. The molecule has 1 aliphatic heterocycles. The minimum atomic E-state index is -4.60. The Labute approximate surface area is 354 Å². The van der Waals surface area contributed by atoms with Crippen LogP contribution in [-0.2, 0) is 10.9 Å². The summed E-state index contributed by atoms with van der Waals surface area (Å²) in [5.41, 5.74) is -3.08. The summed E-state index contributed by atoms with van der Waals surface area (Å²) in [6.45, 7) is 7.44. The van der Waals surface area contributed by atoms with E-state index in [0.717, 1.165) is 37.0 Å². The standard InChI is InChI=1S/C48H54ClF3N2O6/c1-29(30-8-5-4-6-9-30)53-42(57)54(27-33-10-7-23-59-33)28-46(58)20-17-40-44(46,3)19-16-39-43(2)18-15-32(55)25-45(43)21-22-47(39,40)35(26-45)41(56)38-14-13-37(60-38)34-24-31(48(50,51)52)11-12-36(34)49/h4-6,8-9,11-14,21-22,24,26,29,32-33,39-40,55,58H,7,10,15-20,23,25,27-28H2,1-3H3,(H,53,57)/t29-,32?,33-,39-,40-,43-,44+,45+,46-,47-/m1/s1. The number of carbonyl (C=O) groups is 2. The van der Waals surface area contributed by atoms with Gasteiger partial charge in [0.1, 0.15) is 5.76 Å². The molecule has 2 heterocycles. The molecule has 2 amide bonds. The Hall–Kier alpha value is -3.90. The molecule has 1 saturated heterocycles. The fourth-order valence-corrected chi connectivity index (χ4v) is 13.1. The predicted molar refractivity (Wildman–Crippen MR) is 221 cm³/mol. The summed E-state index contributed by atoms with van der Waals surface area (Å²) < 4.78 is 53.4. The molecule has 320 valence electrons. The minimum absolute atomic E-state index is 0.00256. The smallest absolute Gasteiger partial charge is 0.416 e. The molecule has 2 aromatic carbocycles. The Kier molecular flexibility index (Phi) is 10.1. The highest BCUT2D eigenvalue weighted by Crippen LogP contribution is 2.78. The first kappa shape index (κ1) is 41.5. The van der Waals surface area contributed by atoms with Crippen LogP contribution in [0.15, 0.2) is 88.9 Å². The first-order valence-corrected chi connectivity index (χ1v) is 21.9. The maximum atomic E-state index is 15.2. The van der Waals surface area contributed by atoms with Crippen molar-refractivity contribution >= 4 is 23.4 Å². The summed E-state index contributed by atoms with van der Waals surface area (Å²) in [7, 11) is 0. The number of halogens is 4. The van der Waals surface area contributed by atoms with E-state index < -0.39 is 39.7 Å². The predicted octanol–water partition coefficient (Wildman–Crippen LogP) is 10.3. The topological polar surface area (TPSA) is 112 Å². The Morgan fingerprint density at radius 1 is 0.967 bits per heavy atom. The Balaban J connectivity index is 1.08. The number of aliphatic hydroxyl groups excluding tert-OH is 1. The highest BCUT2D eigenvalue weighted by molar-refractivity contribution is 6.33. The largest absolute Gasteiger partial charge is 0.453 e. The van der Waals surface area contributed by atoms with Crippen LogP contribution in [-0.4, -0.2) is 64.4 Å². The van der Waals surface area contributed by atoms with Crippen LogP contribution in [0.25, 0.3) is 11.3 Å². The fourth-order valence-electron chi connectivity index (χ4n) is 12.9. The van der Waals surface area contributed by atoms with Crippen LogP contribution in [0, 0.1) is 33.5 Å². The molecular weight excluding hydrogens is 793 g/mol. The molecule has 0 radical (unpaired) electrons. The molecule has 2 spiro atoms. The molecule has 60 heavy (non-hydrogen) atoms. The fraction of sp³-hybridized carbons (Fsp3) is 0.542. The van der Waals surface area contributed by atoms with E-state index in [1.165, 1.54) is 18.2 Å². The van der Waals surface area contributed by atoms with Gasteiger partial charge in [0, 0.05) is 40.5 Å².